The van der Waals surface area contributed by atoms with Crippen molar-refractivity contribution in [1.82, 2.24) is 4.57 Å². The Morgan fingerprint density at radius 1 is 0.453 bits per heavy atom. The molecule has 0 amide bonds. The van der Waals surface area contributed by atoms with Gasteiger partial charge in [-0.15, -0.1) is 0 Å². The highest BCUT2D eigenvalue weighted by Crippen LogP contribution is 2.54. The molecule has 0 radical (unpaired) electrons. The van der Waals surface area contributed by atoms with E-state index in [9.17, 15) is 0 Å². The monoisotopic (exact) mass is 677 g/mol. The number of aromatic nitrogens is 1. The molecule has 2 unspecified atom stereocenters. The maximum absolute atomic E-state index is 6.28. The molecule has 0 fully saturated rings. The zero-order valence-corrected chi connectivity index (χ0v) is 29.3. The molecule has 1 aliphatic carbocycles. The lowest BCUT2D eigenvalue weighted by Gasteiger charge is -2.35. The number of fused-ring (bicyclic) bond motifs is 10. The molecule has 0 N–H and O–H groups in total. The fourth-order valence-electron chi connectivity index (χ4n) is 9.18. The lowest BCUT2D eigenvalue weighted by molar-refractivity contribution is 0.654. The van der Waals surface area contributed by atoms with E-state index in [0.29, 0.717) is 0 Å². The Morgan fingerprint density at radius 2 is 1.09 bits per heavy atom. The number of nitrogens with zero attached hydrogens (tertiary/aromatic N) is 1. The van der Waals surface area contributed by atoms with Crippen LogP contribution >= 0.6 is 0 Å². The number of benzene rings is 8. The molecule has 2 atom stereocenters. The van der Waals surface area contributed by atoms with Crippen LogP contribution in [0.3, 0.4) is 0 Å². The minimum absolute atomic E-state index is 0.171. The van der Waals surface area contributed by atoms with E-state index in [1.54, 1.807) is 0 Å². The molecule has 250 valence electrons. The normalized spacial score (nSPS) is 15.3. The number of hydrogen-bond acceptors (Lipinski definition) is 1. The third-order valence-corrected chi connectivity index (χ3v) is 11.6. The van der Waals surface area contributed by atoms with Gasteiger partial charge >= 0.3 is 0 Å². The van der Waals surface area contributed by atoms with Crippen LogP contribution in [0.2, 0.25) is 0 Å². The first-order valence-electron chi connectivity index (χ1n) is 18.5. The van der Waals surface area contributed by atoms with Crippen LogP contribution in [0.4, 0.5) is 0 Å². The number of hydrogen-bond donors (Lipinski definition) is 0. The summed E-state index contributed by atoms with van der Waals surface area (Å²) in [6.45, 7) is 2.42. The molecule has 0 spiro atoms. The summed E-state index contributed by atoms with van der Waals surface area (Å²) in [6.07, 6.45) is 0. The van der Waals surface area contributed by atoms with E-state index in [1.807, 2.05) is 6.07 Å². The van der Waals surface area contributed by atoms with E-state index in [1.165, 1.54) is 71.9 Å². The van der Waals surface area contributed by atoms with Gasteiger partial charge in [0.05, 0.1) is 11.0 Å². The Hall–Kier alpha value is -6.64. The van der Waals surface area contributed by atoms with Gasteiger partial charge in [-0.3, -0.25) is 0 Å². The van der Waals surface area contributed by atoms with Crippen molar-refractivity contribution in [3.63, 3.8) is 0 Å². The lowest BCUT2D eigenvalue weighted by Crippen LogP contribution is -2.17. The van der Waals surface area contributed by atoms with Gasteiger partial charge in [0.15, 0.2) is 0 Å². The predicted molar refractivity (Wildman–Crippen MR) is 221 cm³/mol. The van der Waals surface area contributed by atoms with Crippen molar-refractivity contribution in [2.45, 2.75) is 18.8 Å². The zero-order chi connectivity index (χ0) is 35.0. The first-order chi connectivity index (χ1) is 26.2. The van der Waals surface area contributed by atoms with Crippen molar-refractivity contribution in [2.75, 3.05) is 0 Å². The predicted octanol–water partition coefficient (Wildman–Crippen LogP) is 13.9. The van der Waals surface area contributed by atoms with Gasteiger partial charge in [-0.2, -0.15) is 0 Å². The summed E-state index contributed by atoms with van der Waals surface area (Å²) in [4.78, 5) is 0. The maximum atomic E-state index is 6.28. The van der Waals surface area contributed by atoms with Crippen LogP contribution in [-0.4, -0.2) is 4.57 Å². The summed E-state index contributed by atoms with van der Waals surface area (Å²) in [5.74, 6) is 0.435. The van der Waals surface area contributed by atoms with Crippen LogP contribution in [0.5, 0.6) is 0 Å². The van der Waals surface area contributed by atoms with Crippen LogP contribution < -0.4 is 0 Å². The van der Waals surface area contributed by atoms with Crippen LogP contribution in [0, 0.1) is 0 Å². The molecule has 8 aromatic carbocycles. The average Bonchev–Trinajstić information content (AvgIpc) is 3.77. The van der Waals surface area contributed by atoms with E-state index in [2.05, 4.69) is 187 Å². The Balaban J connectivity index is 1.26. The van der Waals surface area contributed by atoms with Crippen LogP contribution in [-0.2, 0) is 0 Å². The Kier molecular flexibility index (Phi) is 6.63. The molecule has 2 nitrogen and oxygen atoms in total. The second kappa shape index (κ2) is 11.7. The average molecular weight is 678 g/mol. The largest absolute Gasteiger partial charge is 0.456 e. The first-order valence-corrected chi connectivity index (χ1v) is 18.5. The minimum atomic E-state index is 0.171. The highest BCUT2D eigenvalue weighted by Gasteiger charge is 2.35. The molecule has 0 saturated carbocycles. The molecule has 53 heavy (non-hydrogen) atoms. The van der Waals surface area contributed by atoms with E-state index in [4.69, 9.17) is 4.42 Å². The standard InChI is InChI=1S/C51H35NO/c1-32-39-24-21-36(33-13-5-2-6-14-33)29-42(39)41-25-27-46-50(51(41)49(32)35-17-9-4-10-18-35)44-30-37(34-15-7-3-8-16-34)22-26-45(44)52(46)38-23-28-48-43(31-38)40-19-11-12-20-47(40)53-48/h2-32,49H,1H3. The molecule has 1 aliphatic rings. The highest BCUT2D eigenvalue weighted by molar-refractivity contribution is 6.15. The van der Waals surface area contributed by atoms with Gasteiger partial charge in [-0.05, 0) is 105 Å². The molecule has 0 aliphatic heterocycles. The van der Waals surface area contributed by atoms with Gasteiger partial charge in [-0.25, -0.2) is 0 Å². The van der Waals surface area contributed by atoms with Crippen LogP contribution in [0.1, 0.15) is 35.4 Å². The van der Waals surface area contributed by atoms with E-state index in [0.717, 1.165) is 27.6 Å². The van der Waals surface area contributed by atoms with Crippen molar-refractivity contribution in [2.24, 2.45) is 0 Å². The third kappa shape index (κ3) is 4.59. The van der Waals surface area contributed by atoms with Crippen molar-refractivity contribution in [1.29, 1.82) is 0 Å². The quantitative estimate of drug-likeness (QED) is 0.181. The van der Waals surface area contributed by atoms with Crippen molar-refractivity contribution >= 4 is 43.7 Å². The minimum Gasteiger partial charge on any atom is -0.456 e. The molecular weight excluding hydrogens is 643 g/mol. The molecule has 10 aromatic rings. The molecule has 11 rings (SSSR count). The number of rotatable bonds is 4. The van der Waals surface area contributed by atoms with Gasteiger partial charge < -0.3 is 8.98 Å². The number of para-hydroxylation sites is 1. The van der Waals surface area contributed by atoms with Crippen molar-refractivity contribution < 1.29 is 4.42 Å². The van der Waals surface area contributed by atoms with Gasteiger partial charge in [0.1, 0.15) is 11.2 Å². The van der Waals surface area contributed by atoms with E-state index >= 15 is 0 Å². The molecule has 2 heteroatoms. The summed E-state index contributed by atoms with van der Waals surface area (Å²) >= 11 is 0. The van der Waals surface area contributed by atoms with Crippen molar-refractivity contribution in [3.05, 3.63) is 199 Å². The Bertz CT molecular complexity index is 3010. The third-order valence-electron chi connectivity index (χ3n) is 11.6. The molecule has 0 saturated heterocycles. The lowest BCUT2D eigenvalue weighted by atomic mass is 9.68. The van der Waals surface area contributed by atoms with E-state index < -0.39 is 0 Å². The highest BCUT2D eigenvalue weighted by atomic mass is 16.3. The zero-order valence-electron chi connectivity index (χ0n) is 29.3. The molecule has 2 aromatic heterocycles. The summed E-state index contributed by atoms with van der Waals surface area (Å²) < 4.78 is 8.76. The Labute approximate surface area is 308 Å². The second-order valence-electron chi connectivity index (χ2n) is 14.5. The summed E-state index contributed by atoms with van der Waals surface area (Å²) in [5.41, 5.74) is 17.1. The summed E-state index contributed by atoms with van der Waals surface area (Å²) in [5, 5.41) is 4.86. The smallest absolute Gasteiger partial charge is 0.135 e. The maximum Gasteiger partial charge on any atom is 0.135 e. The molecule has 2 heterocycles. The SMILES string of the molecule is CC1c2ccc(-c3ccccc3)cc2-c2ccc3c(c2C1c1ccccc1)c1cc(-c2ccccc2)ccc1n3-c1ccc2oc3ccccc3c2c1. The molecular formula is C51H35NO. The van der Waals surface area contributed by atoms with Gasteiger partial charge in [-0.1, -0.05) is 140 Å². The first kappa shape index (κ1) is 30.0. The van der Waals surface area contributed by atoms with Crippen LogP contribution in [0.15, 0.2) is 186 Å². The van der Waals surface area contributed by atoms with Crippen LogP contribution in [0.25, 0.3) is 82.8 Å². The van der Waals surface area contributed by atoms with E-state index in [-0.39, 0.29) is 11.8 Å². The van der Waals surface area contributed by atoms with Gasteiger partial charge in [0.2, 0.25) is 0 Å². The van der Waals surface area contributed by atoms with Crippen molar-refractivity contribution in [3.8, 4) is 39.1 Å². The van der Waals surface area contributed by atoms with Gasteiger partial charge in [0.25, 0.3) is 0 Å². The fraction of sp³-hybridized carbons (Fsp3) is 0.0588. The topological polar surface area (TPSA) is 18.1 Å². The number of furan rings is 1. The summed E-state index contributed by atoms with van der Waals surface area (Å²) in [7, 11) is 0. The Morgan fingerprint density at radius 3 is 1.87 bits per heavy atom. The second-order valence-corrected chi connectivity index (χ2v) is 14.5. The summed E-state index contributed by atoms with van der Waals surface area (Å²) in [6, 6.07) is 66.6. The fourth-order valence-corrected chi connectivity index (χ4v) is 9.18. The molecule has 0 bridgehead atoms. The van der Waals surface area contributed by atoms with Gasteiger partial charge in [0, 0.05) is 33.2 Å².